The Morgan fingerprint density at radius 2 is 1.80 bits per heavy atom. The first-order valence-electron chi connectivity index (χ1n) is 11.0. The maximum atomic E-state index is 13.2. The Morgan fingerprint density at radius 1 is 1.10 bits per heavy atom. The van der Waals surface area contributed by atoms with Gasteiger partial charge in [-0.15, -0.1) is 0 Å². The molecule has 1 atom stereocenters. The van der Waals surface area contributed by atoms with Crippen molar-refractivity contribution in [2.24, 2.45) is 11.8 Å². The third-order valence-corrected chi connectivity index (χ3v) is 8.56. The molecule has 3 aliphatic rings. The highest BCUT2D eigenvalue weighted by Crippen LogP contribution is 2.38. The van der Waals surface area contributed by atoms with Crippen molar-refractivity contribution in [1.82, 2.24) is 4.31 Å². The summed E-state index contributed by atoms with van der Waals surface area (Å²) < 4.78 is 32.9. The van der Waals surface area contributed by atoms with Crippen molar-refractivity contribution in [2.45, 2.75) is 63.3 Å². The summed E-state index contributed by atoms with van der Waals surface area (Å²) in [7, 11) is -3.63. The number of esters is 1. The van der Waals surface area contributed by atoms with Crippen molar-refractivity contribution in [2.75, 3.05) is 24.6 Å². The summed E-state index contributed by atoms with van der Waals surface area (Å²) in [4.78, 5) is 26.9. The summed E-state index contributed by atoms with van der Waals surface area (Å²) in [5, 5.41) is 0. The Balaban J connectivity index is 1.49. The molecule has 2 heterocycles. The van der Waals surface area contributed by atoms with E-state index >= 15 is 0 Å². The Labute approximate surface area is 178 Å². The van der Waals surface area contributed by atoms with E-state index in [1.54, 1.807) is 25.1 Å². The molecule has 7 nitrogen and oxygen atoms in total. The number of benzene rings is 1. The van der Waals surface area contributed by atoms with Gasteiger partial charge in [0.05, 0.1) is 17.4 Å². The molecule has 2 fully saturated rings. The highest BCUT2D eigenvalue weighted by Gasteiger charge is 2.38. The van der Waals surface area contributed by atoms with Crippen LogP contribution >= 0.6 is 0 Å². The maximum absolute atomic E-state index is 13.2. The van der Waals surface area contributed by atoms with Gasteiger partial charge in [0.1, 0.15) is 0 Å². The number of carbonyl (C=O) groups excluding carboxylic acids is 2. The van der Waals surface area contributed by atoms with Gasteiger partial charge in [-0.1, -0.05) is 6.42 Å². The number of anilines is 1. The van der Waals surface area contributed by atoms with E-state index in [-0.39, 0.29) is 34.6 Å². The lowest BCUT2D eigenvalue weighted by molar-refractivity contribution is -0.149. The zero-order valence-electron chi connectivity index (χ0n) is 17.7. The van der Waals surface area contributed by atoms with Crippen molar-refractivity contribution in [3.63, 3.8) is 0 Å². The van der Waals surface area contributed by atoms with Crippen LogP contribution in [0.15, 0.2) is 23.1 Å². The Morgan fingerprint density at radius 3 is 2.40 bits per heavy atom. The highest BCUT2D eigenvalue weighted by atomic mass is 32.2. The molecule has 1 aromatic rings. The molecule has 1 amide bonds. The zero-order chi connectivity index (χ0) is 21.5. The van der Waals surface area contributed by atoms with Crippen molar-refractivity contribution < 1.29 is 22.7 Å². The highest BCUT2D eigenvalue weighted by molar-refractivity contribution is 7.89. The van der Waals surface area contributed by atoms with Crippen molar-refractivity contribution in [3.8, 4) is 0 Å². The predicted molar refractivity (Wildman–Crippen MR) is 113 cm³/mol. The van der Waals surface area contributed by atoms with Gasteiger partial charge in [-0.3, -0.25) is 9.59 Å². The number of rotatable bonds is 5. The largest absolute Gasteiger partial charge is 0.466 e. The van der Waals surface area contributed by atoms with Crippen LogP contribution in [0.4, 0.5) is 5.69 Å². The van der Waals surface area contributed by atoms with Crippen LogP contribution in [0.1, 0.15) is 51.5 Å². The topological polar surface area (TPSA) is 84.0 Å². The summed E-state index contributed by atoms with van der Waals surface area (Å²) in [5.74, 6) is -0.188. The van der Waals surface area contributed by atoms with E-state index in [1.807, 2.05) is 11.8 Å². The van der Waals surface area contributed by atoms with E-state index < -0.39 is 10.0 Å². The van der Waals surface area contributed by atoms with Gasteiger partial charge in [-0.2, -0.15) is 4.31 Å². The molecule has 4 rings (SSSR count). The standard InChI is InChI=1S/C22H30N2O5S/c1-3-29-22(26)17-9-11-23(12-10-17)30(27,28)19-7-8-20-18(14-19)13-15(2)24(20)21(25)16-5-4-6-16/h7-8,14-17H,3-6,9-13H2,1-2H3/t15-/m0/s1. The fourth-order valence-corrected chi connectivity index (χ4v) is 6.22. The Bertz CT molecular complexity index is 933. The second kappa shape index (κ2) is 8.30. The van der Waals surface area contributed by atoms with Gasteiger partial charge in [0.25, 0.3) is 0 Å². The second-order valence-electron chi connectivity index (χ2n) is 8.61. The van der Waals surface area contributed by atoms with Crippen molar-refractivity contribution >= 4 is 27.6 Å². The van der Waals surface area contributed by atoms with Crippen LogP contribution in [0.2, 0.25) is 0 Å². The smallest absolute Gasteiger partial charge is 0.309 e. The number of hydrogen-bond acceptors (Lipinski definition) is 5. The van der Waals surface area contributed by atoms with E-state index in [2.05, 4.69) is 0 Å². The number of carbonyl (C=O) groups is 2. The molecule has 30 heavy (non-hydrogen) atoms. The number of amides is 1. The van der Waals surface area contributed by atoms with Gasteiger partial charge in [-0.05, 0) is 69.7 Å². The summed E-state index contributed by atoms with van der Waals surface area (Å²) in [6, 6.07) is 5.18. The van der Waals surface area contributed by atoms with Crippen LogP contribution in [-0.2, 0) is 30.8 Å². The molecule has 0 spiro atoms. The van der Waals surface area contributed by atoms with Gasteiger partial charge >= 0.3 is 5.97 Å². The minimum atomic E-state index is -3.63. The molecule has 0 radical (unpaired) electrons. The second-order valence-corrected chi connectivity index (χ2v) is 10.5. The number of hydrogen-bond donors (Lipinski definition) is 0. The zero-order valence-corrected chi connectivity index (χ0v) is 18.5. The summed E-state index contributed by atoms with van der Waals surface area (Å²) in [6.45, 7) is 4.75. The molecule has 1 aromatic carbocycles. The number of piperidine rings is 1. The van der Waals surface area contributed by atoms with Crippen LogP contribution in [0.3, 0.4) is 0 Å². The minimum Gasteiger partial charge on any atom is -0.466 e. The summed E-state index contributed by atoms with van der Waals surface area (Å²) in [6.07, 6.45) is 4.63. The van der Waals surface area contributed by atoms with Crippen LogP contribution in [0.5, 0.6) is 0 Å². The molecule has 0 aromatic heterocycles. The molecular formula is C22H30N2O5S. The number of ether oxygens (including phenoxy) is 1. The lowest BCUT2D eigenvalue weighted by Crippen LogP contribution is -2.42. The Kier molecular flexibility index (Phi) is 5.90. The van der Waals surface area contributed by atoms with Gasteiger partial charge in [0, 0.05) is 30.7 Å². The number of sulfonamides is 1. The number of nitrogens with zero attached hydrogens (tertiary/aromatic N) is 2. The molecule has 0 bridgehead atoms. The molecule has 1 saturated heterocycles. The number of fused-ring (bicyclic) bond motifs is 1. The van der Waals surface area contributed by atoms with Gasteiger partial charge in [0.2, 0.25) is 15.9 Å². The third-order valence-electron chi connectivity index (χ3n) is 6.67. The lowest BCUT2D eigenvalue weighted by atomic mass is 9.84. The van der Waals surface area contributed by atoms with Crippen molar-refractivity contribution in [3.05, 3.63) is 23.8 Å². The maximum Gasteiger partial charge on any atom is 0.309 e. The normalized spacial score (nSPS) is 23.1. The van der Waals surface area contributed by atoms with E-state index in [0.29, 0.717) is 39.0 Å². The van der Waals surface area contributed by atoms with E-state index in [1.165, 1.54) is 4.31 Å². The minimum absolute atomic E-state index is 0.0476. The first-order chi connectivity index (χ1) is 14.3. The average Bonchev–Trinajstić information content (AvgIpc) is 3.01. The van der Waals surface area contributed by atoms with E-state index in [0.717, 1.165) is 30.5 Å². The molecule has 164 valence electrons. The molecule has 8 heteroatoms. The van der Waals surface area contributed by atoms with Gasteiger partial charge in [-0.25, -0.2) is 8.42 Å². The van der Waals surface area contributed by atoms with Crippen molar-refractivity contribution in [1.29, 1.82) is 0 Å². The molecule has 1 saturated carbocycles. The monoisotopic (exact) mass is 434 g/mol. The molecule has 0 N–H and O–H groups in total. The van der Waals surface area contributed by atoms with Crippen LogP contribution in [-0.4, -0.2) is 50.3 Å². The quantitative estimate of drug-likeness (QED) is 0.666. The van der Waals surface area contributed by atoms with Crippen LogP contribution in [0.25, 0.3) is 0 Å². The predicted octanol–water partition coefficient (Wildman–Crippen LogP) is 2.73. The van der Waals surface area contributed by atoms with E-state index in [4.69, 9.17) is 4.74 Å². The SMILES string of the molecule is CCOC(=O)C1CCN(S(=O)(=O)c2ccc3c(c2)C[C@H](C)N3C(=O)C2CCC2)CC1. The third kappa shape index (κ3) is 3.75. The van der Waals surface area contributed by atoms with Gasteiger partial charge in [0.15, 0.2) is 0 Å². The average molecular weight is 435 g/mol. The van der Waals surface area contributed by atoms with Crippen LogP contribution < -0.4 is 4.90 Å². The molecule has 0 unspecified atom stereocenters. The van der Waals surface area contributed by atoms with E-state index in [9.17, 15) is 18.0 Å². The van der Waals surface area contributed by atoms with Gasteiger partial charge < -0.3 is 9.64 Å². The fourth-order valence-electron chi connectivity index (χ4n) is 4.70. The first-order valence-corrected chi connectivity index (χ1v) is 12.4. The Hall–Kier alpha value is -1.93. The lowest BCUT2D eigenvalue weighted by Gasteiger charge is -2.32. The first kappa shape index (κ1) is 21.3. The summed E-state index contributed by atoms with van der Waals surface area (Å²) in [5.41, 5.74) is 1.76. The van der Waals surface area contributed by atoms with Crippen LogP contribution in [0, 0.1) is 11.8 Å². The molecular weight excluding hydrogens is 404 g/mol. The fraction of sp³-hybridized carbons (Fsp3) is 0.636. The molecule has 2 aliphatic heterocycles. The summed E-state index contributed by atoms with van der Waals surface area (Å²) >= 11 is 0. The molecule has 1 aliphatic carbocycles.